The summed E-state index contributed by atoms with van der Waals surface area (Å²) in [5.74, 6) is -0.0292. The van der Waals surface area contributed by atoms with Crippen LogP contribution in [0.1, 0.15) is 39.0 Å². The Morgan fingerprint density at radius 1 is 1.40 bits per heavy atom. The molecule has 0 rings (SSSR count). The van der Waals surface area contributed by atoms with Crippen LogP contribution in [0.3, 0.4) is 0 Å². The zero-order chi connectivity index (χ0) is 7.82. The molecule has 0 atom stereocenters. The first-order chi connectivity index (χ1) is 4.81. The Kier molecular flexibility index (Phi) is 7.61. The molecule has 0 aromatic heterocycles. The van der Waals surface area contributed by atoms with Crippen molar-refractivity contribution in [2.24, 2.45) is 0 Å². The summed E-state index contributed by atoms with van der Waals surface area (Å²) in [4.78, 5) is 10.6. The first-order valence-corrected chi connectivity index (χ1v) is 5.05. The molecule has 0 spiro atoms. The van der Waals surface area contributed by atoms with Crippen molar-refractivity contribution in [3.8, 4) is 0 Å². The standard InChI is InChI=1S/C7H14O2.Sb.2H/c1-2-3-4-5-6-7(8)9;;;/h2-6H2,1H3,(H,8,9);;;/q;+1;;/p-1. The SMILES string of the molecule is CCCCCCC(=O)[O][SbH2]. The van der Waals surface area contributed by atoms with Gasteiger partial charge in [-0.3, -0.25) is 0 Å². The molecule has 0 aromatic rings. The Balaban J connectivity index is 2.96. The molecule has 0 aliphatic rings. The fourth-order valence-electron chi connectivity index (χ4n) is 0.755. The van der Waals surface area contributed by atoms with Crippen LogP contribution < -0.4 is 0 Å². The molecule has 0 aromatic carbocycles. The van der Waals surface area contributed by atoms with Crippen molar-refractivity contribution in [1.82, 2.24) is 0 Å². The van der Waals surface area contributed by atoms with Gasteiger partial charge in [0, 0.05) is 0 Å². The summed E-state index contributed by atoms with van der Waals surface area (Å²) in [5.41, 5.74) is 0. The number of hydrogen-bond donors (Lipinski definition) is 0. The topological polar surface area (TPSA) is 26.3 Å². The first kappa shape index (κ1) is 10.3. The van der Waals surface area contributed by atoms with Crippen LogP contribution in [0.2, 0.25) is 0 Å². The van der Waals surface area contributed by atoms with Gasteiger partial charge in [-0.1, -0.05) is 0 Å². The van der Waals surface area contributed by atoms with Gasteiger partial charge < -0.3 is 0 Å². The van der Waals surface area contributed by atoms with Gasteiger partial charge in [-0.25, -0.2) is 0 Å². The van der Waals surface area contributed by atoms with E-state index < -0.39 is 0 Å². The molecule has 60 valence electrons. The summed E-state index contributed by atoms with van der Waals surface area (Å²) in [7, 11) is 0. The van der Waals surface area contributed by atoms with Crippen LogP contribution in [-0.2, 0) is 7.81 Å². The second-order valence-electron chi connectivity index (χ2n) is 2.30. The fraction of sp³-hybridized carbons (Fsp3) is 0.857. The second kappa shape index (κ2) is 7.40. The monoisotopic (exact) mass is 252 g/mol. The predicted molar refractivity (Wildman–Crippen MR) is 43.4 cm³/mol. The molecule has 0 saturated heterocycles. The Hall–Kier alpha value is 0.288. The van der Waals surface area contributed by atoms with Crippen molar-refractivity contribution in [2.45, 2.75) is 39.0 Å². The van der Waals surface area contributed by atoms with Gasteiger partial charge in [0.05, 0.1) is 0 Å². The summed E-state index contributed by atoms with van der Waals surface area (Å²) >= 11 is 0.600. The van der Waals surface area contributed by atoms with Gasteiger partial charge >= 0.3 is 76.2 Å². The Labute approximate surface area is 76.4 Å². The van der Waals surface area contributed by atoms with Gasteiger partial charge in [0.1, 0.15) is 0 Å². The van der Waals surface area contributed by atoms with Crippen LogP contribution in [0.5, 0.6) is 0 Å². The van der Waals surface area contributed by atoms with E-state index in [0.717, 1.165) is 12.8 Å². The average Bonchev–Trinajstić information content (AvgIpc) is 1.98. The van der Waals surface area contributed by atoms with E-state index in [1.165, 1.54) is 12.8 Å². The van der Waals surface area contributed by atoms with Gasteiger partial charge in [0.2, 0.25) is 0 Å². The van der Waals surface area contributed by atoms with E-state index in [2.05, 4.69) is 9.94 Å². The Morgan fingerprint density at radius 2 is 2.10 bits per heavy atom. The Morgan fingerprint density at radius 3 is 2.60 bits per heavy atom. The van der Waals surface area contributed by atoms with Crippen LogP contribution >= 0.6 is 0 Å². The van der Waals surface area contributed by atoms with E-state index in [-0.39, 0.29) is 5.97 Å². The summed E-state index contributed by atoms with van der Waals surface area (Å²) in [5, 5.41) is 0. The van der Waals surface area contributed by atoms with Crippen LogP contribution in [0.15, 0.2) is 0 Å². The molecular formula is C7H15O2Sb. The summed E-state index contributed by atoms with van der Waals surface area (Å²) in [6.07, 6.45) is 5.21. The molecule has 0 aliphatic carbocycles. The van der Waals surface area contributed by atoms with E-state index in [4.69, 9.17) is 0 Å². The molecule has 10 heavy (non-hydrogen) atoms. The number of hydrogen-bond acceptors (Lipinski definition) is 2. The summed E-state index contributed by atoms with van der Waals surface area (Å²) in [6, 6.07) is 0. The average molecular weight is 253 g/mol. The predicted octanol–water partition coefficient (Wildman–Crippen LogP) is 1.05. The fourth-order valence-corrected chi connectivity index (χ4v) is 1.09. The first-order valence-electron chi connectivity index (χ1n) is 3.70. The maximum atomic E-state index is 10.6. The van der Waals surface area contributed by atoms with Crippen molar-refractivity contribution >= 4 is 29.4 Å². The van der Waals surface area contributed by atoms with E-state index in [0.29, 0.717) is 29.9 Å². The van der Waals surface area contributed by atoms with Crippen molar-refractivity contribution in [3.63, 3.8) is 0 Å². The van der Waals surface area contributed by atoms with E-state index in [1.54, 1.807) is 0 Å². The molecule has 2 nitrogen and oxygen atoms in total. The molecule has 0 unspecified atom stereocenters. The van der Waals surface area contributed by atoms with Crippen molar-refractivity contribution < 1.29 is 7.81 Å². The molecule has 0 fully saturated rings. The van der Waals surface area contributed by atoms with Crippen LogP contribution in [-0.4, -0.2) is 29.4 Å². The molecule has 0 bridgehead atoms. The minimum atomic E-state index is -0.0292. The zero-order valence-electron chi connectivity index (χ0n) is 6.43. The number of carbonyl (C=O) groups is 1. The van der Waals surface area contributed by atoms with E-state index >= 15 is 0 Å². The van der Waals surface area contributed by atoms with Crippen molar-refractivity contribution in [1.29, 1.82) is 0 Å². The number of unbranched alkanes of at least 4 members (excludes halogenated alkanes) is 3. The van der Waals surface area contributed by atoms with Gasteiger partial charge in [-0.05, 0) is 0 Å². The molecule has 0 radical (unpaired) electrons. The van der Waals surface area contributed by atoms with Gasteiger partial charge in [0.25, 0.3) is 0 Å². The second-order valence-corrected chi connectivity index (χ2v) is 2.97. The molecule has 0 saturated carbocycles. The van der Waals surface area contributed by atoms with Gasteiger partial charge in [0.15, 0.2) is 0 Å². The third-order valence-corrected chi connectivity index (χ3v) is 2.12. The van der Waals surface area contributed by atoms with Crippen LogP contribution in [0.4, 0.5) is 0 Å². The summed E-state index contributed by atoms with van der Waals surface area (Å²) in [6.45, 7) is 2.16. The quantitative estimate of drug-likeness (QED) is 0.540. The van der Waals surface area contributed by atoms with E-state index in [9.17, 15) is 4.79 Å². The molecule has 0 heterocycles. The third kappa shape index (κ3) is 6.41. The van der Waals surface area contributed by atoms with Crippen LogP contribution in [0, 0.1) is 0 Å². The molecule has 0 aliphatic heterocycles. The maximum absolute atomic E-state index is 10.6. The third-order valence-electron chi connectivity index (χ3n) is 1.37. The number of rotatable bonds is 5. The number of carbonyl (C=O) groups excluding carboxylic acids is 1. The zero-order valence-corrected chi connectivity index (χ0v) is 9.73. The molecule has 3 heteroatoms. The minimum absolute atomic E-state index is 0.0292. The Bertz CT molecular complexity index is 93.6. The normalized spacial score (nSPS) is 9.40. The van der Waals surface area contributed by atoms with E-state index in [1.807, 2.05) is 0 Å². The van der Waals surface area contributed by atoms with Crippen molar-refractivity contribution in [2.75, 3.05) is 0 Å². The van der Waals surface area contributed by atoms with Gasteiger partial charge in [-0.15, -0.1) is 0 Å². The van der Waals surface area contributed by atoms with Gasteiger partial charge in [-0.2, -0.15) is 0 Å². The molecular weight excluding hydrogens is 238 g/mol. The molecule has 0 amide bonds. The van der Waals surface area contributed by atoms with Crippen LogP contribution in [0.25, 0.3) is 0 Å². The summed E-state index contributed by atoms with van der Waals surface area (Å²) < 4.78 is 4.62. The van der Waals surface area contributed by atoms with Crippen molar-refractivity contribution in [3.05, 3.63) is 0 Å². The molecule has 0 N–H and O–H groups in total.